The Morgan fingerprint density at radius 3 is 2.75 bits per heavy atom. The summed E-state index contributed by atoms with van der Waals surface area (Å²) in [6.45, 7) is 4.87. The molecular formula is C17H20F2N4O. The fourth-order valence-corrected chi connectivity index (χ4v) is 3.30. The van der Waals surface area contributed by atoms with Crippen LogP contribution in [0, 0.1) is 11.6 Å². The first-order valence-electron chi connectivity index (χ1n) is 7.98. The number of likely N-dealkylation sites (tertiary alicyclic amines) is 1. The number of aromatic nitrogens is 2. The number of carbonyl (C=O) groups excluding carboxylic acids is 1. The minimum Gasteiger partial charge on any atom is -0.346 e. The number of halogens is 2. The van der Waals surface area contributed by atoms with Crippen LogP contribution in [0.1, 0.15) is 42.4 Å². The van der Waals surface area contributed by atoms with Gasteiger partial charge < -0.3 is 5.32 Å². The van der Waals surface area contributed by atoms with E-state index in [0.717, 1.165) is 19.0 Å². The van der Waals surface area contributed by atoms with Crippen molar-refractivity contribution in [3.05, 3.63) is 53.4 Å². The van der Waals surface area contributed by atoms with Crippen molar-refractivity contribution in [2.75, 3.05) is 6.54 Å². The molecule has 0 radical (unpaired) electrons. The summed E-state index contributed by atoms with van der Waals surface area (Å²) >= 11 is 0. The third-order valence-electron chi connectivity index (χ3n) is 4.45. The van der Waals surface area contributed by atoms with Gasteiger partial charge in [-0.1, -0.05) is 6.07 Å². The Balaban J connectivity index is 1.87. The second-order valence-corrected chi connectivity index (χ2v) is 6.29. The van der Waals surface area contributed by atoms with Gasteiger partial charge in [-0.15, -0.1) is 0 Å². The first-order valence-corrected chi connectivity index (χ1v) is 7.98. The van der Waals surface area contributed by atoms with E-state index in [2.05, 4.69) is 20.4 Å². The number of aromatic amines is 1. The Labute approximate surface area is 139 Å². The molecule has 2 unspecified atom stereocenters. The SMILES string of the molecule is CC(C)N1CCC(NC(=O)c2ccn[nH]2)C1c1ccc(F)c(F)c1. The molecule has 1 fully saturated rings. The third-order valence-corrected chi connectivity index (χ3v) is 4.45. The van der Waals surface area contributed by atoms with Crippen molar-refractivity contribution in [1.82, 2.24) is 20.4 Å². The van der Waals surface area contributed by atoms with Gasteiger partial charge in [0.2, 0.25) is 0 Å². The lowest BCUT2D eigenvalue weighted by Gasteiger charge is -2.32. The number of H-pyrrole nitrogens is 1. The first-order chi connectivity index (χ1) is 11.5. The van der Waals surface area contributed by atoms with E-state index >= 15 is 0 Å². The Morgan fingerprint density at radius 1 is 1.33 bits per heavy atom. The highest BCUT2D eigenvalue weighted by molar-refractivity contribution is 5.92. The molecule has 2 aromatic rings. The van der Waals surface area contributed by atoms with E-state index in [4.69, 9.17) is 0 Å². The Kier molecular flexibility index (Phi) is 4.62. The van der Waals surface area contributed by atoms with Gasteiger partial charge in [0.15, 0.2) is 11.6 Å². The van der Waals surface area contributed by atoms with Gasteiger partial charge in [-0.3, -0.25) is 14.8 Å². The summed E-state index contributed by atoms with van der Waals surface area (Å²) in [5.41, 5.74) is 1.04. The van der Waals surface area contributed by atoms with Crippen LogP contribution in [-0.4, -0.2) is 39.6 Å². The zero-order chi connectivity index (χ0) is 17.3. The number of benzene rings is 1. The molecule has 1 aliphatic heterocycles. The average Bonchev–Trinajstić information content (AvgIpc) is 3.19. The van der Waals surface area contributed by atoms with E-state index in [0.29, 0.717) is 11.3 Å². The number of nitrogens with zero attached hydrogens (tertiary/aromatic N) is 2. The molecule has 1 aromatic carbocycles. The summed E-state index contributed by atoms with van der Waals surface area (Å²) < 4.78 is 26.9. The molecule has 2 N–H and O–H groups in total. The van der Waals surface area contributed by atoms with Crippen molar-refractivity contribution in [2.24, 2.45) is 0 Å². The van der Waals surface area contributed by atoms with Crippen LogP contribution in [0.5, 0.6) is 0 Å². The summed E-state index contributed by atoms with van der Waals surface area (Å²) in [5, 5.41) is 9.38. The number of carbonyl (C=O) groups is 1. The Morgan fingerprint density at radius 2 is 2.12 bits per heavy atom. The average molecular weight is 334 g/mol. The zero-order valence-corrected chi connectivity index (χ0v) is 13.6. The zero-order valence-electron chi connectivity index (χ0n) is 13.6. The normalized spacial score (nSPS) is 21.4. The fourth-order valence-electron chi connectivity index (χ4n) is 3.30. The van der Waals surface area contributed by atoms with Crippen molar-refractivity contribution < 1.29 is 13.6 Å². The first kappa shape index (κ1) is 16.6. The van der Waals surface area contributed by atoms with Crippen LogP contribution >= 0.6 is 0 Å². The van der Waals surface area contributed by atoms with Gasteiger partial charge in [-0.05, 0) is 44.0 Å². The quantitative estimate of drug-likeness (QED) is 0.904. The van der Waals surface area contributed by atoms with Crippen LogP contribution in [0.4, 0.5) is 8.78 Å². The fraction of sp³-hybridized carbons (Fsp3) is 0.412. The van der Waals surface area contributed by atoms with Crippen molar-refractivity contribution in [1.29, 1.82) is 0 Å². The van der Waals surface area contributed by atoms with Crippen LogP contribution < -0.4 is 5.32 Å². The van der Waals surface area contributed by atoms with Crippen LogP contribution in [0.3, 0.4) is 0 Å². The number of rotatable bonds is 4. The molecule has 2 heterocycles. The molecule has 3 rings (SSSR count). The minimum absolute atomic E-state index is 0.187. The summed E-state index contributed by atoms with van der Waals surface area (Å²) in [5.74, 6) is -2.00. The molecule has 5 nitrogen and oxygen atoms in total. The molecule has 0 spiro atoms. The molecular weight excluding hydrogens is 314 g/mol. The standard InChI is InChI=1S/C17H20F2N4O/c1-10(2)23-8-6-14(21-17(24)15-5-7-20-22-15)16(23)11-3-4-12(18)13(19)9-11/h3-5,7,9-10,14,16H,6,8H2,1-2H3,(H,20,22)(H,21,24). The number of hydrogen-bond donors (Lipinski definition) is 2. The highest BCUT2D eigenvalue weighted by Gasteiger charge is 2.38. The van der Waals surface area contributed by atoms with Gasteiger partial charge in [0.1, 0.15) is 5.69 Å². The van der Waals surface area contributed by atoms with E-state index in [9.17, 15) is 13.6 Å². The highest BCUT2D eigenvalue weighted by Crippen LogP contribution is 2.34. The summed E-state index contributed by atoms with van der Waals surface area (Å²) in [4.78, 5) is 14.5. The van der Waals surface area contributed by atoms with Crippen molar-refractivity contribution >= 4 is 5.91 Å². The second-order valence-electron chi connectivity index (χ2n) is 6.29. The maximum Gasteiger partial charge on any atom is 0.269 e. The smallest absolute Gasteiger partial charge is 0.269 e. The van der Waals surface area contributed by atoms with E-state index in [1.807, 2.05) is 13.8 Å². The molecule has 1 aliphatic rings. The predicted octanol–water partition coefficient (Wildman–Crippen LogP) is 2.64. The van der Waals surface area contributed by atoms with Crippen molar-refractivity contribution in [2.45, 2.75) is 38.4 Å². The summed E-state index contributed by atoms with van der Waals surface area (Å²) in [7, 11) is 0. The largest absolute Gasteiger partial charge is 0.346 e. The number of amides is 1. The predicted molar refractivity (Wildman–Crippen MR) is 85.4 cm³/mol. The lowest BCUT2D eigenvalue weighted by Crippen LogP contribution is -2.41. The molecule has 128 valence electrons. The molecule has 1 aromatic heterocycles. The van der Waals surface area contributed by atoms with Gasteiger partial charge >= 0.3 is 0 Å². The van der Waals surface area contributed by atoms with Gasteiger partial charge in [0.25, 0.3) is 5.91 Å². The van der Waals surface area contributed by atoms with Crippen molar-refractivity contribution in [3.63, 3.8) is 0 Å². The molecule has 7 heteroatoms. The van der Waals surface area contributed by atoms with Crippen LogP contribution in [0.15, 0.2) is 30.5 Å². The van der Waals surface area contributed by atoms with Crippen LogP contribution in [-0.2, 0) is 0 Å². The van der Waals surface area contributed by atoms with Gasteiger partial charge in [0, 0.05) is 18.8 Å². The topological polar surface area (TPSA) is 61.0 Å². The van der Waals surface area contributed by atoms with E-state index in [1.165, 1.54) is 12.3 Å². The molecule has 0 aliphatic carbocycles. The number of nitrogens with one attached hydrogen (secondary N) is 2. The van der Waals surface area contributed by atoms with E-state index in [1.54, 1.807) is 12.1 Å². The molecule has 1 amide bonds. The summed E-state index contributed by atoms with van der Waals surface area (Å²) in [6, 6.07) is 5.36. The lowest BCUT2D eigenvalue weighted by atomic mass is 9.99. The second kappa shape index (κ2) is 6.68. The van der Waals surface area contributed by atoms with Crippen LogP contribution in [0.25, 0.3) is 0 Å². The van der Waals surface area contributed by atoms with Gasteiger partial charge in [-0.25, -0.2) is 8.78 Å². The lowest BCUT2D eigenvalue weighted by molar-refractivity contribution is 0.0914. The summed E-state index contributed by atoms with van der Waals surface area (Å²) in [6.07, 6.45) is 2.25. The van der Waals surface area contributed by atoms with Crippen molar-refractivity contribution in [3.8, 4) is 0 Å². The van der Waals surface area contributed by atoms with Gasteiger partial charge in [-0.2, -0.15) is 5.10 Å². The molecule has 24 heavy (non-hydrogen) atoms. The van der Waals surface area contributed by atoms with E-state index < -0.39 is 11.6 Å². The van der Waals surface area contributed by atoms with E-state index in [-0.39, 0.29) is 24.0 Å². The molecule has 0 saturated carbocycles. The Hall–Kier alpha value is -2.28. The minimum atomic E-state index is -0.873. The number of hydrogen-bond acceptors (Lipinski definition) is 3. The molecule has 0 bridgehead atoms. The maximum atomic E-state index is 13.7. The Bertz CT molecular complexity index is 717. The highest BCUT2D eigenvalue weighted by atomic mass is 19.2. The molecule has 2 atom stereocenters. The van der Waals surface area contributed by atoms with Crippen LogP contribution in [0.2, 0.25) is 0 Å². The molecule has 1 saturated heterocycles. The third kappa shape index (κ3) is 3.17. The maximum absolute atomic E-state index is 13.7. The van der Waals surface area contributed by atoms with Gasteiger partial charge in [0.05, 0.1) is 12.1 Å². The monoisotopic (exact) mass is 334 g/mol.